The Bertz CT molecular complexity index is 1570. The molecular formula is C29H32F2N4O5S. The fraction of sp³-hybridized carbons (Fsp3) is 0.414. The van der Waals surface area contributed by atoms with Crippen molar-refractivity contribution in [2.75, 3.05) is 30.0 Å². The van der Waals surface area contributed by atoms with E-state index >= 15 is 0 Å². The van der Waals surface area contributed by atoms with Crippen molar-refractivity contribution in [3.8, 4) is 11.4 Å². The molecule has 3 aromatic rings. The van der Waals surface area contributed by atoms with Crippen LogP contribution in [0.3, 0.4) is 0 Å². The number of nitrogens with one attached hydrogen (secondary N) is 1. The molecule has 1 aliphatic carbocycles. The summed E-state index contributed by atoms with van der Waals surface area (Å²) in [6, 6.07) is 10.8. The van der Waals surface area contributed by atoms with Crippen LogP contribution in [0.25, 0.3) is 11.4 Å². The van der Waals surface area contributed by atoms with E-state index in [0.717, 1.165) is 12.1 Å². The Balaban J connectivity index is 1.55. The Morgan fingerprint density at radius 3 is 2.44 bits per heavy atom. The zero-order valence-electron chi connectivity index (χ0n) is 23.3. The van der Waals surface area contributed by atoms with Gasteiger partial charge < -0.3 is 14.4 Å². The number of carbonyl (C=O) groups excluding carboxylic acids is 1. The summed E-state index contributed by atoms with van der Waals surface area (Å²) in [5.41, 5.74) is 0.632. The minimum absolute atomic E-state index is 0.0350. The number of benzene rings is 2. The molecule has 0 radical (unpaired) electrons. The zero-order chi connectivity index (χ0) is 29.6. The second-order valence-corrected chi connectivity index (χ2v) is 13.6. The number of morpholine rings is 1. The monoisotopic (exact) mass is 586 g/mol. The molecule has 5 rings (SSSR count). The van der Waals surface area contributed by atoms with Crippen LogP contribution in [0.4, 0.5) is 25.1 Å². The van der Waals surface area contributed by atoms with Gasteiger partial charge in [-0.15, -0.1) is 0 Å². The van der Waals surface area contributed by atoms with Crippen LogP contribution < -0.4 is 10.2 Å². The average molecular weight is 587 g/mol. The number of ether oxygens (including phenoxy) is 2. The molecule has 1 saturated heterocycles. The van der Waals surface area contributed by atoms with Gasteiger partial charge in [-0.2, -0.15) is 0 Å². The summed E-state index contributed by atoms with van der Waals surface area (Å²) in [5.74, 6) is -1.08. The van der Waals surface area contributed by atoms with Crippen molar-refractivity contribution in [1.82, 2.24) is 9.97 Å². The molecule has 1 N–H and O–H groups in total. The number of amides is 1. The van der Waals surface area contributed by atoms with Gasteiger partial charge in [-0.1, -0.05) is 0 Å². The molecule has 1 aromatic heterocycles. The van der Waals surface area contributed by atoms with Crippen LogP contribution in [0, 0.1) is 11.6 Å². The number of nitrogens with zero attached hydrogens (tertiary/aromatic N) is 3. The first kappa shape index (κ1) is 28.9. The maximum atomic E-state index is 14.7. The molecule has 1 saturated carbocycles. The third-order valence-corrected chi connectivity index (χ3v) is 9.57. The topological polar surface area (TPSA) is 111 Å². The largest absolute Gasteiger partial charge is 0.444 e. The van der Waals surface area contributed by atoms with Gasteiger partial charge in [0.25, 0.3) is 0 Å². The second-order valence-electron chi connectivity index (χ2n) is 11.3. The molecule has 1 aliphatic heterocycles. The van der Waals surface area contributed by atoms with Crippen molar-refractivity contribution < 1.29 is 31.5 Å². The van der Waals surface area contributed by atoms with Crippen LogP contribution in [0.5, 0.6) is 0 Å². The Hall–Kier alpha value is -3.64. The van der Waals surface area contributed by atoms with Gasteiger partial charge in [0.15, 0.2) is 15.7 Å². The smallest absolute Gasteiger partial charge is 0.412 e. The van der Waals surface area contributed by atoms with Gasteiger partial charge in [0.05, 0.1) is 24.9 Å². The van der Waals surface area contributed by atoms with Crippen LogP contribution in [-0.2, 0) is 24.1 Å². The Morgan fingerprint density at radius 1 is 1.10 bits per heavy atom. The number of aromatic nitrogens is 2. The number of hydrogen-bond donors (Lipinski definition) is 1. The third kappa shape index (κ3) is 5.89. The van der Waals surface area contributed by atoms with E-state index in [1.807, 2.05) is 11.8 Å². The van der Waals surface area contributed by atoms with Crippen molar-refractivity contribution in [2.45, 2.75) is 61.8 Å². The summed E-state index contributed by atoms with van der Waals surface area (Å²) in [6.45, 7) is 8.75. The van der Waals surface area contributed by atoms with E-state index in [0.29, 0.717) is 42.9 Å². The van der Waals surface area contributed by atoms with Crippen LogP contribution in [-0.4, -0.2) is 55.9 Å². The fourth-order valence-corrected chi connectivity index (χ4v) is 6.84. The highest BCUT2D eigenvalue weighted by Crippen LogP contribution is 2.55. The first-order valence-electron chi connectivity index (χ1n) is 13.3. The minimum Gasteiger partial charge on any atom is -0.444 e. The molecule has 2 fully saturated rings. The predicted molar refractivity (Wildman–Crippen MR) is 149 cm³/mol. The number of hydrogen-bond acceptors (Lipinski definition) is 8. The van der Waals surface area contributed by atoms with Crippen molar-refractivity contribution in [3.05, 3.63) is 65.9 Å². The highest BCUT2D eigenvalue weighted by molar-refractivity contribution is 7.92. The SMILES string of the molecule is C[C@H]1COCCN1c1cc(C2(S(=O)(=O)c3cc(F)ccc3F)CC2)nc(-c2ccc(NC(=O)OC(C)(C)C)cc2)n1. The average Bonchev–Trinajstić information content (AvgIpc) is 3.72. The zero-order valence-corrected chi connectivity index (χ0v) is 24.1. The molecular weight excluding hydrogens is 554 g/mol. The van der Waals surface area contributed by atoms with E-state index in [4.69, 9.17) is 14.5 Å². The lowest BCUT2D eigenvalue weighted by atomic mass is 10.1. The van der Waals surface area contributed by atoms with Gasteiger partial charge in [-0.3, -0.25) is 5.32 Å². The summed E-state index contributed by atoms with van der Waals surface area (Å²) < 4.78 is 65.6. The number of carbonyl (C=O) groups is 1. The second kappa shape index (κ2) is 10.6. The summed E-state index contributed by atoms with van der Waals surface area (Å²) in [4.78, 5) is 22.9. The van der Waals surface area contributed by atoms with E-state index in [9.17, 15) is 22.0 Å². The lowest BCUT2D eigenvalue weighted by molar-refractivity contribution is 0.0636. The first-order valence-corrected chi connectivity index (χ1v) is 14.8. The Morgan fingerprint density at radius 2 is 1.80 bits per heavy atom. The lowest BCUT2D eigenvalue weighted by Gasteiger charge is -2.34. The van der Waals surface area contributed by atoms with Gasteiger partial charge >= 0.3 is 6.09 Å². The number of halogens is 2. The summed E-state index contributed by atoms with van der Waals surface area (Å²) >= 11 is 0. The van der Waals surface area contributed by atoms with Crippen LogP contribution >= 0.6 is 0 Å². The van der Waals surface area contributed by atoms with Gasteiger partial charge in [-0.05, 0) is 83.0 Å². The normalized spacial score (nSPS) is 18.6. The third-order valence-electron chi connectivity index (χ3n) is 7.03. The number of anilines is 2. The summed E-state index contributed by atoms with van der Waals surface area (Å²) in [7, 11) is -4.34. The van der Waals surface area contributed by atoms with Gasteiger partial charge in [0.2, 0.25) is 0 Å². The van der Waals surface area contributed by atoms with Crippen molar-refractivity contribution in [3.63, 3.8) is 0 Å². The molecule has 0 unspecified atom stereocenters. The predicted octanol–water partition coefficient (Wildman–Crippen LogP) is 5.46. The van der Waals surface area contributed by atoms with Crippen molar-refractivity contribution in [1.29, 1.82) is 0 Å². The molecule has 9 nitrogen and oxygen atoms in total. The summed E-state index contributed by atoms with van der Waals surface area (Å²) in [6.07, 6.45) is -0.186. The van der Waals surface area contributed by atoms with E-state index in [1.54, 1.807) is 51.1 Å². The molecule has 2 heterocycles. The quantitative estimate of drug-likeness (QED) is 0.406. The van der Waals surface area contributed by atoms with Gasteiger partial charge in [-0.25, -0.2) is 32.0 Å². The van der Waals surface area contributed by atoms with E-state index in [-0.39, 0.29) is 30.4 Å². The van der Waals surface area contributed by atoms with Crippen molar-refractivity contribution in [2.24, 2.45) is 0 Å². The van der Waals surface area contributed by atoms with Gasteiger partial charge in [0.1, 0.15) is 32.7 Å². The molecule has 41 heavy (non-hydrogen) atoms. The standard InChI is InChI=1S/C29H32F2N4O5S/c1-18-17-39-14-13-35(18)25-16-24(29(11-12-29)41(37,38)23-15-20(30)7-10-22(23)31)33-26(34-25)19-5-8-21(9-6-19)32-27(36)40-28(2,3)4/h5-10,15-16,18H,11-14,17H2,1-4H3,(H,32,36)/t18-/m0/s1. The maximum absolute atomic E-state index is 14.7. The van der Waals surface area contributed by atoms with E-state index < -0.39 is 42.8 Å². The van der Waals surface area contributed by atoms with Gasteiger partial charge in [0, 0.05) is 23.9 Å². The van der Waals surface area contributed by atoms with Crippen molar-refractivity contribution >= 4 is 27.4 Å². The summed E-state index contributed by atoms with van der Waals surface area (Å²) in [5, 5.41) is 2.67. The maximum Gasteiger partial charge on any atom is 0.412 e. The molecule has 2 aliphatic rings. The molecule has 0 bridgehead atoms. The molecule has 1 atom stereocenters. The number of sulfone groups is 1. The fourth-order valence-electron chi connectivity index (χ4n) is 4.81. The van der Waals surface area contributed by atoms with E-state index in [2.05, 4.69) is 10.3 Å². The first-order chi connectivity index (χ1) is 19.3. The Labute approximate surface area is 237 Å². The van der Waals surface area contributed by atoms with Crippen LogP contribution in [0.15, 0.2) is 53.4 Å². The highest BCUT2D eigenvalue weighted by Gasteiger charge is 2.58. The molecule has 218 valence electrons. The van der Waals surface area contributed by atoms with Crippen LogP contribution in [0.1, 0.15) is 46.2 Å². The molecule has 2 aromatic carbocycles. The Kier molecular flexibility index (Phi) is 7.49. The van der Waals surface area contributed by atoms with Crippen LogP contribution in [0.2, 0.25) is 0 Å². The minimum atomic E-state index is -4.34. The number of rotatable bonds is 6. The highest BCUT2D eigenvalue weighted by atomic mass is 32.2. The molecule has 1 amide bonds. The lowest BCUT2D eigenvalue weighted by Crippen LogP contribution is -2.44. The molecule has 12 heteroatoms. The van der Waals surface area contributed by atoms with E-state index in [1.165, 1.54) is 0 Å². The molecule has 0 spiro atoms.